The highest BCUT2D eigenvalue weighted by Crippen LogP contribution is 2.20. The van der Waals surface area contributed by atoms with Crippen LogP contribution in [0, 0.1) is 0 Å². The maximum absolute atomic E-state index is 5.78. The van der Waals surface area contributed by atoms with E-state index in [1.165, 1.54) is 5.56 Å². The number of hydrogen-bond acceptors (Lipinski definition) is 2. The van der Waals surface area contributed by atoms with Gasteiger partial charge in [0.05, 0.1) is 4.34 Å². The Morgan fingerprint density at radius 1 is 1.73 bits per heavy atom. The minimum absolute atomic E-state index is 0.278. The van der Waals surface area contributed by atoms with E-state index < -0.39 is 0 Å². The van der Waals surface area contributed by atoms with Crippen LogP contribution in [0.5, 0.6) is 0 Å². The fourth-order valence-corrected chi connectivity index (χ4v) is 1.82. The Balaban J connectivity index is 2.50. The lowest BCUT2D eigenvalue weighted by Crippen LogP contribution is -2.20. The third kappa shape index (κ3) is 2.81. The lowest BCUT2D eigenvalue weighted by atomic mass is 10.1. The molecule has 1 aromatic heterocycles. The molecular formula is C8H12ClNS. The number of rotatable bonds is 3. The third-order valence-corrected chi connectivity index (χ3v) is 2.78. The van der Waals surface area contributed by atoms with Crippen LogP contribution in [0.25, 0.3) is 0 Å². The van der Waals surface area contributed by atoms with Gasteiger partial charge in [-0.3, -0.25) is 0 Å². The van der Waals surface area contributed by atoms with Crippen LogP contribution in [0.4, 0.5) is 0 Å². The molecule has 0 spiro atoms. The highest BCUT2D eigenvalue weighted by atomic mass is 35.5. The zero-order valence-corrected chi connectivity index (χ0v) is 8.08. The lowest BCUT2D eigenvalue weighted by molar-refractivity contribution is 0.647. The van der Waals surface area contributed by atoms with Gasteiger partial charge in [0.2, 0.25) is 0 Å². The summed E-state index contributed by atoms with van der Waals surface area (Å²) in [6.07, 6.45) is 1.97. The molecule has 0 aromatic carbocycles. The highest BCUT2D eigenvalue weighted by Gasteiger charge is 2.02. The summed E-state index contributed by atoms with van der Waals surface area (Å²) >= 11 is 7.33. The Morgan fingerprint density at radius 2 is 2.45 bits per heavy atom. The summed E-state index contributed by atoms with van der Waals surface area (Å²) in [5.74, 6) is 0. The number of hydrogen-bond donors (Lipinski definition) is 1. The lowest BCUT2D eigenvalue weighted by Gasteiger charge is -2.05. The zero-order chi connectivity index (χ0) is 8.27. The molecule has 2 N–H and O–H groups in total. The molecule has 0 saturated heterocycles. The van der Waals surface area contributed by atoms with E-state index in [1.54, 1.807) is 11.3 Å². The van der Waals surface area contributed by atoms with E-state index >= 15 is 0 Å². The Kier molecular flexibility index (Phi) is 3.37. The van der Waals surface area contributed by atoms with Gasteiger partial charge in [0.1, 0.15) is 0 Å². The van der Waals surface area contributed by atoms with Crippen molar-refractivity contribution in [3.05, 3.63) is 21.3 Å². The fraction of sp³-hybridized carbons (Fsp3) is 0.500. The molecule has 0 aliphatic carbocycles. The molecule has 1 aromatic rings. The van der Waals surface area contributed by atoms with Crippen LogP contribution in [0.3, 0.4) is 0 Å². The first-order valence-electron chi connectivity index (χ1n) is 3.71. The maximum atomic E-state index is 5.78. The molecule has 0 radical (unpaired) electrons. The third-order valence-electron chi connectivity index (χ3n) is 1.64. The summed E-state index contributed by atoms with van der Waals surface area (Å²) in [6, 6.07) is 2.27. The molecule has 62 valence electrons. The Morgan fingerprint density at radius 3 is 2.91 bits per heavy atom. The average molecular weight is 190 g/mol. The summed E-state index contributed by atoms with van der Waals surface area (Å²) < 4.78 is 0.850. The summed E-state index contributed by atoms with van der Waals surface area (Å²) in [7, 11) is 0. The van der Waals surface area contributed by atoms with Crippen molar-refractivity contribution in [2.75, 3.05) is 0 Å². The summed E-state index contributed by atoms with van der Waals surface area (Å²) in [6.45, 7) is 2.10. The van der Waals surface area contributed by atoms with Crippen molar-refractivity contribution in [3.8, 4) is 0 Å². The smallest absolute Gasteiger partial charge is 0.0931 e. The van der Waals surface area contributed by atoms with Crippen molar-refractivity contribution in [1.82, 2.24) is 0 Å². The first kappa shape index (κ1) is 9.04. The minimum Gasteiger partial charge on any atom is -0.327 e. The number of halogens is 1. The van der Waals surface area contributed by atoms with E-state index in [0.717, 1.165) is 17.2 Å². The first-order valence-corrected chi connectivity index (χ1v) is 4.96. The van der Waals surface area contributed by atoms with Crippen LogP contribution in [-0.4, -0.2) is 6.04 Å². The van der Waals surface area contributed by atoms with E-state index in [-0.39, 0.29) is 6.04 Å². The van der Waals surface area contributed by atoms with E-state index in [1.807, 2.05) is 6.07 Å². The van der Waals surface area contributed by atoms with Crippen LogP contribution < -0.4 is 5.73 Å². The van der Waals surface area contributed by atoms with Gasteiger partial charge in [-0.25, -0.2) is 0 Å². The largest absolute Gasteiger partial charge is 0.327 e. The van der Waals surface area contributed by atoms with E-state index in [4.69, 9.17) is 17.3 Å². The molecule has 11 heavy (non-hydrogen) atoms. The first-order chi connectivity index (χ1) is 5.22. The molecule has 0 fully saturated rings. The van der Waals surface area contributed by atoms with E-state index in [0.29, 0.717) is 0 Å². The van der Waals surface area contributed by atoms with Gasteiger partial charge in [-0.15, -0.1) is 11.3 Å². The molecule has 0 aliphatic rings. The fourth-order valence-electron chi connectivity index (χ4n) is 0.900. The highest BCUT2D eigenvalue weighted by molar-refractivity contribution is 7.14. The Labute approximate surface area is 76.2 Å². The summed E-state index contributed by atoms with van der Waals surface area (Å²) in [5.41, 5.74) is 7.03. The molecule has 1 rings (SSSR count). The van der Waals surface area contributed by atoms with Gasteiger partial charge < -0.3 is 5.73 Å². The second-order valence-corrected chi connectivity index (χ2v) is 4.17. The Bertz CT molecular complexity index is 222. The van der Waals surface area contributed by atoms with Gasteiger partial charge in [0.25, 0.3) is 0 Å². The quantitative estimate of drug-likeness (QED) is 0.778. The minimum atomic E-state index is 0.278. The van der Waals surface area contributed by atoms with Crippen molar-refractivity contribution < 1.29 is 0 Å². The van der Waals surface area contributed by atoms with Gasteiger partial charge in [-0.05, 0) is 29.9 Å². The average Bonchev–Trinajstić information content (AvgIpc) is 2.35. The topological polar surface area (TPSA) is 26.0 Å². The van der Waals surface area contributed by atoms with Crippen LogP contribution in [-0.2, 0) is 6.42 Å². The Hall–Kier alpha value is -0.0500. The van der Waals surface area contributed by atoms with Gasteiger partial charge >= 0.3 is 0 Å². The molecule has 0 bridgehead atoms. The second-order valence-electron chi connectivity index (χ2n) is 2.63. The molecule has 1 unspecified atom stereocenters. The number of nitrogens with two attached hydrogens (primary N) is 1. The van der Waals surface area contributed by atoms with Gasteiger partial charge in [-0.2, -0.15) is 0 Å². The standard InChI is InChI=1S/C8H12ClNS/c1-2-7(10)3-6-4-8(9)11-5-6/h4-5,7H,2-3,10H2,1H3. The normalized spacial score (nSPS) is 13.4. The molecule has 1 atom stereocenters. The molecule has 1 heterocycles. The molecule has 3 heteroatoms. The molecule has 0 saturated carbocycles. The van der Waals surface area contributed by atoms with Crippen molar-refractivity contribution in [3.63, 3.8) is 0 Å². The SMILES string of the molecule is CCC(N)Cc1csc(Cl)c1. The molecule has 0 aliphatic heterocycles. The van der Waals surface area contributed by atoms with Crippen LogP contribution in [0.2, 0.25) is 4.34 Å². The summed E-state index contributed by atoms with van der Waals surface area (Å²) in [4.78, 5) is 0. The number of thiophene rings is 1. The van der Waals surface area contributed by atoms with E-state index in [9.17, 15) is 0 Å². The van der Waals surface area contributed by atoms with Crippen LogP contribution in [0.15, 0.2) is 11.4 Å². The van der Waals surface area contributed by atoms with Crippen molar-refractivity contribution >= 4 is 22.9 Å². The molecule has 1 nitrogen and oxygen atoms in total. The van der Waals surface area contributed by atoms with Crippen molar-refractivity contribution in [1.29, 1.82) is 0 Å². The zero-order valence-electron chi connectivity index (χ0n) is 6.51. The summed E-state index contributed by atoms with van der Waals surface area (Å²) in [5, 5.41) is 2.07. The second kappa shape index (κ2) is 4.10. The van der Waals surface area contributed by atoms with Gasteiger partial charge in [0.15, 0.2) is 0 Å². The predicted molar refractivity (Wildman–Crippen MR) is 51.3 cm³/mol. The van der Waals surface area contributed by atoms with Crippen LogP contribution in [0.1, 0.15) is 18.9 Å². The predicted octanol–water partition coefficient (Wildman–Crippen LogP) is 2.68. The maximum Gasteiger partial charge on any atom is 0.0931 e. The molecular weight excluding hydrogens is 178 g/mol. The van der Waals surface area contributed by atoms with E-state index in [2.05, 4.69) is 12.3 Å². The monoisotopic (exact) mass is 189 g/mol. The van der Waals surface area contributed by atoms with Gasteiger partial charge in [-0.1, -0.05) is 18.5 Å². The molecule has 0 amide bonds. The van der Waals surface area contributed by atoms with Crippen molar-refractivity contribution in [2.24, 2.45) is 5.73 Å². The van der Waals surface area contributed by atoms with Crippen LogP contribution >= 0.6 is 22.9 Å². The van der Waals surface area contributed by atoms with Gasteiger partial charge in [0, 0.05) is 6.04 Å². The van der Waals surface area contributed by atoms with Crippen molar-refractivity contribution in [2.45, 2.75) is 25.8 Å².